The fraction of sp³-hybridized carbons (Fsp3) is 0.348. The predicted octanol–water partition coefficient (Wildman–Crippen LogP) is 5.18. The second-order valence-corrected chi connectivity index (χ2v) is 8.30. The molecule has 2 aromatic carbocycles. The number of amides is 1. The van der Waals surface area contributed by atoms with Gasteiger partial charge < -0.3 is 20.3 Å². The number of phenols is 1. The van der Waals surface area contributed by atoms with Crippen LogP contribution in [0.2, 0.25) is 5.02 Å². The molecule has 31 heavy (non-hydrogen) atoms. The summed E-state index contributed by atoms with van der Waals surface area (Å²) in [4.78, 5) is 33.8. The lowest BCUT2D eigenvalue weighted by molar-refractivity contribution is -0.139. The fourth-order valence-corrected chi connectivity index (χ4v) is 3.76. The number of Topliss-reactive ketones (excluding diaryl/α,β-unsaturated/α-hetero) is 1. The van der Waals surface area contributed by atoms with Gasteiger partial charge >= 0.3 is 5.97 Å². The number of hydrogen-bond donors (Lipinski definition) is 3. The summed E-state index contributed by atoms with van der Waals surface area (Å²) < 4.78 is 5.74. The molecule has 164 valence electrons. The first kappa shape index (κ1) is 22.6. The number of carboxylic acids is 1. The van der Waals surface area contributed by atoms with E-state index in [1.807, 2.05) is 0 Å². The van der Waals surface area contributed by atoms with Crippen LogP contribution >= 0.6 is 11.6 Å². The van der Waals surface area contributed by atoms with E-state index in [1.165, 1.54) is 43.0 Å². The quantitative estimate of drug-likeness (QED) is 0.417. The number of aryl methyl sites for hydroxylation is 1. The van der Waals surface area contributed by atoms with Gasteiger partial charge in [0, 0.05) is 5.69 Å². The van der Waals surface area contributed by atoms with E-state index in [-0.39, 0.29) is 33.6 Å². The highest BCUT2D eigenvalue weighted by molar-refractivity contribution is 6.32. The molecule has 0 radical (unpaired) electrons. The van der Waals surface area contributed by atoms with Gasteiger partial charge in [-0.05, 0) is 80.8 Å². The van der Waals surface area contributed by atoms with E-state index in [2.05, 4.69) is 5.32 Å². The van der Waals surface area contributed by atoms with Crippen LogP contribution in [-0.4, -0.2) is 27.9 Å². The second-order valence-electron chi connectivity index (χ2n) is 7.89. The molecule has 2 aliphatic rings. The summed E-state index contributed by atoms with van der Waals surface area (Å²) in [6, 6.07) is 7.10. The monoisotopic (exact) mass is 445 g/mol. The van der Waals surface area contributed by atoms with E-state index in [4.69, 9.17) is 21.4 Å². The molecule has 0 aromatic heterocycles. The minimum Gasteiger partial charge on any atom is -0.508 e. The summed E-state index contributed by atoms with van der Waals surface area (Å²) >= 11 is 6.21. The molecular formula is C23H24ClNO6. The first-order valence-corrected chi connectivity index (χ1v) is 10.4. The Morgan fingerprint density at radius 2 is 1.84 bits per heavy atom. The van der Waals surface area contributed by atoms with E-state index in [1.54, 1.807) is 32.3 Å². The van der Waals surface area contributed by atoms with Crippen LogP contribution in [0.3, 0.4) is 0 Å². The Morgan fingerprint density at radius 3 is 2.32 bits per heavy atom. The highest BCUT2D eigenvalue weighted by atomic mass is 35.5. The van der Waals surface area contributed by atoms with Gasteiger partial charge in [0.2, 0.25) is 5.91 Å². The number of carbonyl (C=O) groups excluding carboxylic acids is 2. The normalized spacial score (nSPS) is 17.9. The first-order valence-electron chi connectivity index (χ1n) is 9.97. The molecule has 1 amide bonds. The standard InChI is InChI=1S/C18H16ClNO6.C5H8/c1-9-5-11(20-16(23)8-17(24)25)6-14(19)18(9)26-15-4-3-12(22)7-13(15)10(2)21;1-2-5-3-4(1)5/h3-7,22H,8H2,1-2H3,(H,20,23)(H,24,25);4-5H,1-3H2. The molecule has 4 rings (SSSR count). The number of phenolic OH excluding ortho intramolecular Hbond substituents is 1. The highest BCUT2D eigenvalue weighted by Crippen LogP contribution is 2.55. The van der Waals surface area contributed by atoms with E-state index in [0.717, 1.165) is 0 Å². The van der Waals surface area contributed by atoms with Gasteiger partial charge in [-0.2, -0.15) is 0 Å². The van der Waals surface area contributed by atoms with E-state index < -0.39 is 18.3 Å². The number of fused-ring (bicyclic) bond motifs is 1. The summed E-state index contributed by atoms with van der Waals surface area (Å²) in [6.07, 6.45) is 4.04. The predicted molar refractivity (Wildman–Crippen MR) is 116 cm³/mol. The molecule has 0 saturated heterocycles. The summed E-state index contributed by atoms with van der Waals surface area (Å²) in [5, 5.41) is 20.7. The number of benzene rings is 2. The van der Waals surface area contributed by atoms with Crippen molar-refractivity contribution in [2.75, 3.05) is 5.32 Å². The van der Waals surface area contributed by atoms with Crippen molar-refractivity contribution >= 4 is 34.9 Å². The van der Waals surface area contributed by atoms with Crippen LogP contribution in [-0.2, 0) is 9.59 Å². The topological polar surface area (TPSA) is 113 Å². The number of aromatic hydroxyl groups is 1. The van der Waals surface area contributed by atoms with Gasteiger partial charge in [0.25, 0.3) is 0 Å². The Labute approximate surface area is 185 Å². The first-order chi connectivity index (χ1) is 14.6. The number of carbonyl (C=O) groups is 3. The third-order valence-corrected chi connectivity index (χ3v) is 5.64. The molecule has 2 unspecified atom stereocenters. The van der Waals surface area contributed by atoms with Crippen molar-refractivity contribution < 1.29 is 29.3 Å². The van der Waals surface area contributed by atoms with E-state index in [9.17, 15) is 19.5 Å². The molecule has 0 bridgehead atoms. The molecule has 0 spiro atoms. The van der Waals surface area contributed by atoms with Crippen molar-refractivity contribution in [2.24, 2.45) is 11.8 Å². The maximum Gasteiger partial charge on any atom is 0.312 e. The van der Waals surface area contributed by atoms with Crippen LogP contribution in [0.15, 0.2) is 30.3 Å². The van der Waals surface area contributed by atoms with E-state index in [0.29, 0.717) is 11.3 Å². The number of hydrogen-bond acceptors (Lipinski definition) is 5. The zero-order valence-electron chi connectivity index (χ0n) is 17.3. The van der Waals surface area contributed by atoms with Crippen LogP contribution in [0.5, 0.6) is 17.2 Å². The number of halogens is 1. The van der Waals surface area contributed by atoms with Gasteiger partial charge in [-0.25, -0.2) is 0 Å². The Morgan fingerprint density at radius 1 is 1.16 bits per heavy atom. The summed E-state index contributed by atoms with van der Waals surface area (Å²) in [5.74, 6) is 0.682. The van der Waals surface area contributed by atoms with Crippen LogP contribution in [0.25, 0.3) is 0 Å². The average molecular weight is 446 g/mol. The number of nitrogens with one attached hydrogen (secondary N) is 1. The zero-order chi connectivity index (χ0) is 22.7. The van der Waals surface area contributed by atoms with Crippen molar-refractivity contribution in [1.29, 1.82) is 0 Å². The smallest absolute Gasteiger partial charge is 0.312 e. The molecule has 7 nitrogen and oxygen atoms in total. The number of ketones is 1. The number of ether oxygens (including phenoxy) is 1. The largest absolute Gasteiger partial charge is 0.508 e. The number of rotatable bonds is 6. The van der Waals surface area contributed by atoms with Crippen molar-refractivity contribution in [1.82, 2.24) is 0 Å². The molecule has 2 fully saturated rings. The minimum absolute atomic E-state index is 0.0677. The number of anilines is 1. The molecule has 0 aliphatic heterocycles. The maximum absolute atomic E-state index is 11.7. The third kappa shape index (κ3) is 5.98. The zero-order valence-corrected chi connectivity index (χ0v) is 18.0. The lowest BCUT2D eigenvalue weighted by Crippen LogP contribution is -2.16. The summed E-state index contributed by atoms with van der Waals surface area (Å²) in [5.41, 5.74) is 1.08. The SMILES string of the molecule is C1CC2CC12.CC(=O)c1cc(O)ccc1Oc1c(C)cc(NC(=O)CC(=O)O)cc1Cl. The van der Waals surface area contributed by atoms with Crippen molar-refractivity contribution in [3.8, 4) is 17.2 Å². The molecule has 2 atom stereocenters. The highest BCUT2D eigenvalue weighted by Gasteiger charge is 2.44. The van der Waals surface area contributed by atoms with Gasteiger partial charge in [-0.3, -0.25) is 14.4 Å². The van der Waals surface area contributed by atoms with Crippen LogP contribution < -0.4 is 10.1 Å². The second kappa shape index (κ2) is 9.39. The summed E-state index contributed by atoms with van der Waals surface area (Å²) in [6.45, 7) is 3.03. The Balaban J connectivity index is 0.000000465. The van der Waals surface area contributed by atoms with Gasteiger partial charge in [-0.15, -0.1) is 0 Å². The van der Waals surface area contributed by atoms with Crippen molar-refractivity contribution in [2.45, 2.75) is 39.5 Å². The van der Waals surface area contributed by atoms with Gasteiger partial charge in [-0.1, -0.05) is 11.6 Å². The fourth-order valence-electron chi connectivity index (χ4n) is 3.45. The molecule has 2 aromatic rings. The average Bonchev–Trinajstić information content (AvgIpc) is 3.24. The van der Waals surface area contributed by atoms with Crippen molar-refractivity contribution in [3.63, 3.8) is 0 Å². The number of aliphatic carboxylic acids is 1. The van der Waals surface area contributed by atoms with Gasteiger partial charge in [0.15, 0.2) is 5.78 Å². The minimum atomic E-state index is -1.24. The Hall–Kier alpha value is -3.06. The molecule has 0 heterocycles. The molecule has 3 N–H and O–H groups in total. The van der Waals surface area contributed by atoms with Gasteiger partial charge in [0.05, 0.1) is 10.6 Å². The lowest BCUT2D eigenvalue weighted by Gasteiger charge is -2.15. The Bertz CT molecular complexity index is 1000. The Kier molecular flexibility index (Phi) is 6.85. The van der Waals surface area contributed by atoms with Gasteiger partial charge in [0.1, 0.15) is 23.7 Å². The maximum atomic E-state index is 11.7. The van der Waals surface area contributed by atoms with Crippen LogP contribution in [0.4, 0.5) is 5.69 Å². The van der Waals surface area contributed by atoms with Crippen molar-refractivity contribution in [3.05, 3.63) is 46.5 Å². The van der Waals surface area contributed by atoms with Crippen LogP contribution in [0, 0.1) is 18.8 Å². The number of carboxylic acid groups (broad SMARTS) is 1. The molecular weight excluding hydrogens is 422 g/mol. The third-order valence-electron chi connectivity index (χ3n) is 5.36. The lowest BCUT2D eigenvalue weighted by atomic mass is 10.0. The summed E-state index contributed by atoms with van der Waals surface area (Å²) in [7, 11) is 0. The van der Waals surface area contributed by atoms with E-state index >= 15 is 0 Å². The van der Waals surface area contributed by atoms with Crippen LogP contribution in [0.1, 0.15) is 48.5 Å². The molecule has 8 heteroatoms. The molecule has 2 aliphatic carbocycles. The molecule has 2 saturated carbocycles.